The Morgan fingerprint density at radius 2 is 1.90 bits per heavy atom. The summed E-state index contributed by atoms with van der Waals surface area (Å²) in [5.41, 5.74) is 1.46. The van der Waals surface area contributed by atoms with Crippen molar-refractivity contribution in [3.63, 3.8) is 0 Å². The van der Waals surface area contributed by atoms with Crippen molar-refractivity contribution in [3.05, 3.63) is 35.9 Å². The first-order chi connectivity index (χ1) is 9.79. The van der Waals surface area contributed by atoms with Gasteiger partial charge >= 0.3 is 0 Å². The monoisotopic (exact) mass is 274 g/mol. The zero-order valence-corrected chi connectivity index (χ0v) is 13.1. The molecule has 1 saturated heterocycles. The van der Waals surface area contributed by atoms with E-state index in [0.29, 0.717) is 6.04 Å². The summed E-state index contributed by atoms with van der Waals surface area (Å²) in [7, 11) is 0. The van der Waals surface area contributed by atoms with E-state index in [4.69, 9.17) is 0 Å². The van der Waals surface area contributed by atoms with Crippen molar-refractivity contribution >= 4 is 0 Å². The molecule has 112 valence electrons. The largest absolute Gasteiger partial charge is 0.314 e. The molecule has 1 atom stereocenters. The molecule has 1 unspecified atom stereocenters. The van der Waals surface area contributed by atoms with E-state index in [2.05, 4.69) is 54.4 Å². The van der Waals surface area contributed by atoms with Gasteiger partial charge in [-0.1, -0.05) is 37.3 Å². The van der Waals surface area contributed by atoms with Crippen molar-refractivity contribution in [2.75, 3.05) is 26.2 Å². The molecule has 0 aromatic heterocycles. The molecule has 1 aromatic carbocycles. The predicted octanol–water partition coefficient (Wildman–Crippen LogP) is 3.33. The summed E-state index contributed by atoms with van der Waals surface area (Å²) in [5, 5.41) is 3.74. The standard InChI is InChI=1S/C18H30N2/c1-3-20-14-11-18(12-15-20)16(2)19-13-7-10-17-8-5-4-6-9-17/h4-6,8-9,16,18-19H,3,7,10-15H2,1-2H3. The molecule has 1 heterocycles. The molecular weight excluding hydrogens is 244 g/mol. The molecule has 0 spiro atoms. The number of hydrogen-bond donors (Lipinski definition) is 1. The maximum atomic E-state index is 3.74. The van der Waals surface area contributed by atoms with Crippen LogP contribution in [-0.2, 0) is 6.42 Å². The number of piperidine rings is 1. The molecule has 1 N–H and O–H groups in total. The molecule has 1 fully saturated rings. The lowest BCUT2D eigenvalue weighted by Crippen LogP contribution is -2.42. The van der Waals surface area contributed by atoms with Gasteiger partial charge in [-0.15, -0.1) is 0 Å². The molecule has 1 aliphatic rings. The fourth-order valence-corrected chi connectivity index (χ4v) is 3.20. The quantitative estimate of drug-likeness (QED) is 0.767. The fourth-order valence-electron chi connectivity index (χ4n) is 3.20. The Bertz CT molecular complexity index is 355. The lowest BCUT2D eigenvalue weighted by molar-refractivity contribution is 0.169. The zero-order chi connectivity index (χ0) is 14.2. The highest BCUT2D eigenvalue weighted by Crippen LogP contribution is 2.20. The van der Waals surface area contributed by atoms with Gasteiger partial charge in [0.15, 0.2) is 0 Å². The molecule has 1 aromatic rings. The second-order valence-corrected chi connectivity index (χ2v) is 6.10. The molecule has 2 rings (SSSR count). The third-order valence-corrected chi connectivity index (χ3v) is 4.74. The Morgan fingerprint density at radius 3 is 2.55 bits per heavy atom. The van der Waals surface area contributed by atoms with E-state index < -0.39 is 0 Å². The van der Waals surface area contributed by atoms with Crippen LogP contribution < -0.4 is 5.32 Å². The van der Waals surface area contributed by atoms with Crippen LogP contribution >= 0.6 is 0 Å². The molecule has 20 heavy (non-hydrogen) atoms. The Balaban J connectivity index is 1.59. The normalized spacial score (nSPS) is 19.1. The maximum absolute atomic E-state index is 3.74. The Morgan fingerprint density at radius 1 is 1.20 bits per heavy atom. The summed E-state index contributed by atoms with van der Waals surface area (Å²) >= 11 is 0. The minimum Gasteiger partial charge on any atom is -0.314 e. The molecule has 2 nitrogen and oxygen atoms in total. The molecule has 2 heteroatoms. The van der Waals surface area contributed by atoms with Gasteiger partial charge in [-0.25, -0.2) is 0 Å². The molecular formula is C18H30N2. The number of rotatable bonds is 7. The molecule has 0 amide bonds. The van der Waals surface area contributed by atoms with Gasteiger partial charge in [0.25, 0.3) is 0 Å². The van der Waals surface area contributed by atoms with Crippen LogP contribution in [0.5, 0.6) is 0 Å². The summed E-state index contributed by atoms with van der Waals surface area (Å²) in [6.07, 6.45) is 5.15. The van der Waals surface area contributed by atoms with Crippen LogP contribution in [0.15, 0.2) is 30.3 Å². The molecule has 1 aliphatic heterocycles. The highest BCUT2D eigenvalue weighted by molar-refractivity contribution is 5.14. The van der Waals surface area contributed by atoms with Gasteiger partial charge in [0.1, 0.15) is 0 Å². The predicted molar refractivity (Wildman–Crippen MR) is 87.1 cm³/mol. The highest BCUT2D eigenvalue weighted by atomic mass is 15.1. The van der Waals surface area contributed by atoms with Gasteiger partial charge in [0.05, 0.1) is 0 Å². The van der Waals surface area contributed by atoms with Crippen LogP contribution in [0.2, 0.25) is 0 Å². The van der Waals surface area contributed by atoms with Crippen LogP contribution in [0, 0.1) is 5.92 Å². The SMILES string of the molecule is CCN1CCC(C(C)NCCCc2ccccc2)CC1. The summed E-state index contributed by atoms with van der Waals surface area (Å²) in [6, 6.07) is 11.5. The van der Waals surface area contributed by atoms with Gasteiger partial charge in [0.2, 0.25) is 0 Å². The zero-order valence-electron chi connectivity index (χ0n) is 13.1. The van der Waals surface area contributed by atoms with Gasteiger partial charge in [-0.05, 0) is 70.3 Å². The molecule has 0 bridgehead atoms. The van der Waals surface area contributed by atoms with E-state index in [-0.39, 0.29) is 0 Å². The number of nitrogens with zero attached hydrogens (tertiary/aromatic N) is 1. The van der Waals surface area contributed by atoms with Crippen LogP contribution in [-0.4, -0.2) is 37.1 Å². The Kier molecular flexibility index (Phi) is 6.55. The first kappa shape index (κ1) is 15.5. The third-order valence-electron chi connectivity index (χ3n) is 4.74. The smallest absolute Gasteiger partial charge is 0.00679 e. The fraction of sp³-hybridized carbons (Fsp3) is 0.667. The van der Waals surface area contributed by atoms with Crippen LogP contribution in [0.4, 0.5) is 0 Å². The minimum absolute atomic E-state index is 0.671. The van der Waals surface area contributed by atoms with Crippen molar-refractivity contribution in [2.24, 2.45) is 5.92 Å². The van der Waals surface area contributed by atoms with Crippen LogP contribution in [0.1, 0.15) is 38.7 Å². The number of aryl methyl sites for hydroxylation is 1. The average Bonchev–Trinajstić information content (AvgIpc) is 2.52. The van der Waals surface area contributed by atoms with E-state index in [1.165, 1.54) is 50.9 Å². The summed E-state index contributed by atoms with van der Waals surface area (Å²) < 4.78 is 0. The highest BCUT2D eigenvalue weighted by Gasteiger charge is 2.22. The molecule has 0 radical (unpaired) electrons. The summed E-state index contributed by atoms with van der Waals surface area (Å²) in [4.78, 5) is 2.57. The number of nitrogens with one attached hydrogen (secondary N) is 1. The van der Waals surface area contributed by atoms with Gasteiger partial charge in [0, 0.05) is 6.04 Å². The first-order valence-electron chi connectivity index (χ1n) is 8.29. The van der Waals surface area contributed by atoms with Crippen molar-refractivity contribution < 1.29 is 0 Å². The second kappa shape index (κ2) is 8.43. The molecule has 0 aliphatic carbocycles. The van der Waals surface area contributed by atoms with Crippen molar-refractivity contribution in [2.45, 2.75) is 45.6 Å². The van der Waals surface area contributed by atoms with Crippen molar-refractivity contribution in [1.82, 2.24) is 10.2 Å². The molecule has 0 saturated carbocycles. The Hall–Kier alpha value is -0.860. The maximum Gasteiger partial charge on any atom is 0.00679 e. The van der Waals surface area contributed by atoms with E-state index in [0.717, 1.165) is 12.5 Å². The number of likely N-dealkylation sites (tertiary alicyclic amines) is 1. The Labute approximate surface area is 124 Å². The number of benzene rings is 1. The van der Waals surface area contributed by atoms with Crippen LogP contribution in [0.25, 0.3) is 0 Å². The lowest BCUT2D eigenvalue weighted by atomic mass is 9.90. The lowest BCUT2D eigenvalue weighted by Gasteiger charge is -2.34. The van der Waals surface area contributed by atoms with Crippen molar-refractivity contribution in [3.8, 4) is 0 Å². The van der Waals surface area contributed by atoms with E-state index in [1.54, 1.807) is 0 Å². The average molecular weight is 274 g/mol. The van der Waals surface area contributed by atoms with Crippen molar-refractivity contribution in [1.29, 1.82) is 0 Å². The van der Waals surface area contributed by atoms with E-state index >= 15 is 0 Å². The van der Waals surface area contributed by atoms with E-state index in [1.807, 2.05) is 0 Å². The minimum atomic E-state index is 0.671. The van der Waals surface area contributed by atoms with Gasteiger partial charge < -0.3 is 10.2 Å². The van der Waals surface area contributed by atoms with Gasteiger partial charge in [-0.3, -0.25) is 0 Å². The summed E-state index contributed by atoms with van der Waals surface area (Å²) in [6.45, 7) is 9.57. The topological polar surface area (TPSA) is 15.3 Å². The summed E-state index contributed by atoms with van der Waals surface area (Å²) in [5.74, 6) is 0.870. The van der Waals surface area contributed by atoms with Crippen LogP contribution in [0.3, 0.4) is 0 Å². The van der Waals surface area contributed by atoms with Gasteiger partial charge in [-0.2, -0.15) is 0 Å². The first-order valence-corrected chi connectivity index (χ1v) is 8.29. The second-order valence-electron chi connectivity index (χ2n) is 6.10. The van der Waals surface area contributed by atoms with E-state index in [9.17, 15) is 0 Å². The number of hydrogen-bond acceptors (Lipinski definition) is 2. The third kappa shape index (κ3) is 4.92.